The van der Waals surface area contributed by atoms with Gasteiger partial charge in [0.25, 0.3) is 0 Å². The van der Waals surface area contributed by atoms with Gasteiger partial charge in [-0.1, -0.05) is 6.92 Å². The standard InChI is InChI=1S/C14H19NO2/c1-8-9(2)17-10(3)13(8)14(16)11-4-6-12(15)7-5-11/h4-10,13H,15H2,1-3H3. The van der Waals surface area contributed by atoms with E-state index >= 15 is 0 Å². The number of nitrogens with two attached hydrogens (primary N) is 1. The average molecular weight is 233 g/mol. The van der Waals surface area contributed by atoms with Crippen LogP contribution in [0.15, 0.2) is 24.3 Å². The van der Waals surface area contributed by atoms with Gasteiger partial charge in [0.2, 0.25) is 0 Å². The Labute approximate surface area is 102 Å². The average Bonchev–Trinajstić information content (AvgIpc) is 2.53. The fourth-order valence-electron chi connectivity index (χ4n) is 2.56. The number of carbonyl (C=O) groups excluding carboxylic acids is 1. The van der Waals surface area contributed by atoms with Gasteiger partial charge in [-0.2, -0.15) is 0 Å². The highest BCUT2D eigenvalue weighted by Crippen LogP contribution is 2.34. The monoisotopic (exact) mass is 233 g/mol. The molecule has 17 heavy (non-hydrogen) atoms. The van der Waals surface area contributed by atoms with E-state index in [9.17, 15) is 4.79 Å². The van der Waals surface area contributed by atoms with E-state index in [2.05, 4.69) is 6.92 Å². The normalized spacial score (nSPS) is 32.6. The van der Waals surface area contributed by atoms with Crippen LogP contribution < -0.4 is 5.73 Å². The van der Waals surface area contributed by atoms with Gasteiger partial charge in [0.05, 0.1) is 18.1 Å². The molecule has 0 saturated carbocycles. The number of rotatable bonds is 2. The Morgan fingerprint density at radius 2 is 1.71 bits per heavy atom. The van der Waals surface area contributed by atoms with E-state index in [1.807, 2.05) is 13.8 Å². The maximum Gasteiger partial charge on any atom is 0.168 e. The lowest BCUT2D eigenvalue weighted by Gasteiger charge is -2.17. The Balaban J connectivity index is 2.23. The van der Waals surface area contributed by atoms with E-state index in [0.717, 1.165) is 5.56 Å². The zero-order chi connectivity index (χ0) is 12.6. The van der Waals surface area contributed by atoms with Gasteiger partial charge in [0, 0.05) is 11.3 Å². The van der Waals surface area contributed by atoms with Crippen LogP contribution in [0, 0.1) is 11.8 Å². The second-order valence-corrected chi connectivity index (χ2v) is 4.92. The maximum atomic E-state index is 12.4. The van der Waals surface area contributed by atoms with E-state index in [1.54, 1.807) is 24.3 Å². The summed E-state index contributed by atoms with van der Waals surface area (Å²) in [4.78, 5) is 12.4. The maximum absolute atomic E-state index is 12.4. The SMILES string of the molecule is CC1OC(C)C(C(=O)c2ccc(N)cc2)C1C. The summed E-state index contributed by atoms with van der Waals surface area (Å²) in [6.45, 7) is 6.07. The smallest absolute Gasteiger partial charge is 0.168 e. The first-order chi connectivity index (χ1) is 8.00. The van der Waals surface area contributed by atoms with Crippen molar-refractivity contribution in [1.82, 2.24) is 0 Å². The van der Waals surface area contributed by atoms with E-state index < -0.39 is 0 Å². The molecule has 1 aliphatic heterocycles. The number of hydrogen-bond acceptors (Lipinski definition) is 3. The summed E-state index contributed by atoms with van der Waals surface area (Å²) in [5.41, 5.74) is 7.02. The molecule has 4 atom stereocenters. The van der Waals surface area contributed by atoms with Crippen molar-refractivity contribution in [2.24, 2.45) is 11.8 Å². The first kappa shape index (κ1) is 12.1. The highest BCUT2D eigenvalue weighted by molar-refractivity contribution is 5.98. The molecule has 2 N–H and O–H groups in total. The molecule has 1 aromatic carbocycles. The largest absolute Gasteiger partial charge is 0.399 e. The number of ether oxygens (including phenoxy) is 1. The molecule has 0 aliphatic carbocycles. The molecule has 0 radical (unpaired) electrons. The van der Waals surface area contributed by atoms with Gasteiger partial charge < -0.3 is 10.5 Å². The number of carbonyl (C=O) groups is 1. The minimum Gasteiger partial charge on any atom is -0.399 e. The van der Waals surface area contributed by atoms with Crippen LogP contribution in [0.5, 0.6) is 0 Å². The third-order valence-electron chi connectivity index (χ3n) is 3.74. The minimum atomic E-state index is -0.0476. The Morgan fingerprint density at radius 1 is 1.12 bits per heavy atom. The van der Waals surface area contributed by atoms with Crippen molar-refractivity contribution in [3.8, 4) is 0 Å². The number of anilines is 1. The molecule has 0 bridgehead atoms. The molecule has 3 nitrogen and oxygen atoms in total. The van der Waals surface area contributed by atoms with Crippen LogP contribution >= 0.6 is 0 Å². The number of ketones is 1. The first-order valence-corrected chi connectivity index (χ1v) is 6.06. The Kier molecular flexibility index (Phi) is 3.20. The second-order valence-electron chi connectivity index (χ2n) is 4.92. The summed E-state index contributed by atoms with van der Waals surface area (Å²) in [5.74, 6) is 0.373. The predicted octanol–water partition coefficient (Wildman–Crippen LogP) is 2.51. The molecule has 3 heteroatoms. The van der Waals surface area contributed by atoms with Gasteiger partial charge >= 0.3 is 0 Å². The molecule has 1 aromatic rings. The van der Waals surface area contributed by atoms with Crippen molar-refractivity contribution < 1.29 is 9.53 Å². The molecule has 4 unspecified atom stereocenters. The molecule has 0 aromatic heterocycles. The summed E-state index contributed by atoms with van der Waals surface area (Å²) in [6, 6.07) is 7.11. The van der Waals surface area contributed by atoms with E-state index in [4.69, 9.17) is 10.5 Å². The van der Waals surface area contributed by atoms with Crippen molar-refractivity contribution in [3.63, 3.8) is 0 Å². The quantitative estimate of drug-likeness (QED) is 0.630. The van der Waals surface area contributed by atoms with Gasteiger partial charge in [0.1, 0.15) is 0 Å². The second kappa shape index (κ2) is 4.49. The van der Waals surface area contributed by atoms with Gasteiger partial charge in [-0.25, -0.2) is 0 Å². The van der Waals surface area contributed by atoms with Crippen molar-refractivity contribution in [3.05, 3.63) is 29.8 Å². The van der Waals surface area contributed by atoms with Gasteiger partial charge in [-0.15, -0.1) is 0 Å². The molecule has 1 heterocycles. The van der Waals surface area contributed by atoms with Gasteiger partial charge in [-0.05, 0) is 44.0 Å². The Morgan fingerprint density at radius 3 is 2.18 bits per heavy atom. The van der Waals surface area contributed by atoms with Crippen molar-refractivity contribution in [2.45, 2.75) is 33.0 Å². The summed E-state index contributed by atoms with van der Waals surface area (Å²) < 4.78 is 5.71. The van der Waals surface area contributed by atoms with Crippen LogP contribution in [0.1, 0.15) is 31.1 Å². The molecule has 2 rings (SSSR count). The zero-order valence-corrected chi connectivity index (χ0v) is 10.5. The molecule has 1 fully saturated rings. The van der Waals surface area contributed by atoms with Crippen LogP contribution in [-0.4, -0.2) is 18.0 Å². The fraction of sp³-hybridized carbons (Fsp3) is 0.500. The molecule has 0 spiro atoms. The van der Waals surface area contributed by atoms with E-state index in [1.165, 1.54) is 0 Å². The van der Waals surface area contributed by atoms with Gasteiger partial charge in [0.15, 0.2) is 5.78 Å². The minimum absolute atomic E-state index is 0.00921. The molecular weight excluding hydrogens is 214 g/mol. The summed E-state index contributed by atoms with van der Waals surface area (Å²) >= 11 is 0. The van der Waals surface area contributed by atoms with Crippen LogP contribution in [0.3, 0.4) is 0 Å². The number of benzene rings is 1. The predicted molar refractivity (Wildman–Crippen MR) is 67.8 cm³/mol. The first-order valence-electron chi connectivity index (χ1n) is 6.06. The summed E-state index contributed by atoms with van der Waals surface area (Å²) in [5, 5.41) is 0. The molecule has 92 valence electrons. The third kappa shape index (κ3) is 2.20. The zero-order valence-electron chi connectivity index (χ0n) is 10.5. The highest BCUT2D eigenvalue weighted by Gasteiger charge is 2.41. The summed E-state index contributed by atoms with van der Waals surface area (Å²) in [7, 11) is 0. The van der Waals surface area contributed by atoms with Crippen LogP contribution in [-0.2, 0) is 4.74 Å². The molecule has 1 saturated heterocycles. The Bertz CT molecular complexity index is 413. The highest BCUT2D eigenvalue weighted by atomic mass is 16.5. The van der Waals surface area contributed by atoms with Crippen molar-refractivity contribution >= 4 is 11.5 Å². The van der Waals surface area contributed by atoms with Crippen LogP contribution in [0.25, 0.3) is 0 Å². The lowest BCUT2D eigenvalue weighted by molar-refractivity contribution is 0.0491. The molecular formula is C14H19NO2. The van der Waals surface area contributed by atoms with Crippen molar-refractivity contribution in [1.29, 1.82) is 0 Å². The van der Waals surface area contributed by atoms with E-state index in [0.29, 0.717) is 5.69 Å². The number of nitrogen functional groups attached to an aromatic ring is 1. The topological polar surface area (TPSA) is 52.3 Å². The van der Waals surface area contributed by atoms with Crippen molar-refractivity contribution in [2.75, 3.05) is 5.73 Å². The van der Waals surface area contributed by atoms with E-state index in [-0.39, 0.29) is 29.8 Å². The lowest BCUT2D eigenvalue weighted by Crippen LogP contribution is -2.26. The van der Waals surface area contributed by atoms with Crippen LogP contribution in [0.4, 0.5) is 5.69 Å². The van der Waals surface area contributed by atoms with Crippen LogP contribution in [0.2, 0.25) is 0 Å². The molecule has 0 amide bonds. The third-order valence-corrected chi connectivity index (χ3v) is 3.74. The fourth-order valence-corrected chi connectivity index (χ4v) is 2.56. The number of Topliss-reactive ketones (excluding diaryl/α,β-unsaturated/α-hetero) is 1. The summed E-state index contributed by atoms with van der Waals surface area (Å²) in [6.07, 6.45) is 0.137. The molecule has 1 aliphatic rings. The van der Waals surface area contributed by atoms with Gasteiger partial charge in [-0.3, -0.25) is 4.79 Å². The Hall–Kier alpha value is -1.35. The number of hydrogen-bond donors (Lipinski definition) is 1. The lowest BCUT2D eigenvalue weighted by atomic mass is 9.83.